The van der Waals surface area contributed by atoms with Gasteiger partial charge in [-0.2, -0.15) is 0 Å². The summed E-state index contributed by atoms with van der Waals surface area (Å²) in [6, 6.07) is 15.3. The number of carbonyl (C=O) groups is 1. The molecule has 0 aliphatic rings. The lowest BCUT2D eigenvalue weighted by Crippen LogP contribution is -2.37. The van der Waals surface area contributed by atoms with Crippen LogP contribution in [0.25, 0.3) is 10.1 Å². The number of nitrogens with one attached hydrogen (secondary N) is 2. The fourth-order valence-electron chi connectivity index (χ4n) is 2.52. The lowest BCUT2D eigenvalue weighted by Gasteiger charge is -2.15. The third-order valence-corrected chi connectivity index (χ3v) is 4.93. The van der Waals surface area contributed by atoms with Gasteiger partial charge in [-0.1, -0.05) is 41.9 Å². The highest BCUT2D eigenvalue weighted by Crippen LogP contribution is 2.26. The third-order valence-electron chi connectivity index (χ3n) is 3.59. The molecule has 0 aliphatic carbocycles. The first-order valence-corrected chi connectivity index (χ1v) is 8.66. The molecule has 2 amide bonds. The van der Waals surface area contributed by atoms with Crippen LogP contribution in [0.5, 0.6) is 0 Å². The van der Waals surface area contributed by atoms with Crippen LogP contribution in [0.3, 0.4) is 0 Å². The zero-order valence-corrected chi connectivity index (χ0v) is 14.2. The van der Waals surface area contributed by atoms with Gasteiger partial charge in [0.25, 0.3) is 0 Å². The van der Waals surface area contributed by atoms with Crippen molar-refractivity contribution in [2.45, 2.75) is 19.4 Å². The van der Waals surface area contributed by atoms with Crippen LogP contribution in [0.2, 0.25) is 5.02 Å². The Kier molecular flexibility index (Phi) is 4.84. The molecule has 0 aliphatic heterocycles. The van der Waals surface area contributed by atoms with E-state index in [0.717, 1.165) is 6.42 Å². The number of rotatable bonds is 4. The molecule has 118 valence electrons. The van der Waals surface area contributed by atoms with Gasteiger partial charge in [0, 0.05) is 10.7 Å². The predicted molar refractivity (Wildman–Crippen MR) is 98.6 cm³/mol. The molecule has 1 atom stereocenters. The summed E-state index contributed by atoms with van der Waals surface area (Å²) in [5.41, 5.74) is 1.87. The van der Waals surface area contributed by atoms with Gasteiger partial charge in [0.1, 0.15) is 0 Å². The zero-order valence-electron chi connectivity index (χ0n) is 12.7. The molecule has 23 heavy (non-hydrogen) atoms. The minimum atomic E-state index is -0.245. The highest BCUT2D eigenvalue weighted by Gasteiger charge is 2.12. The first-order chi connectivity index (χ1) is 11.1. The molecule has 0 radical (unpaired) electrons. The lowest BCUT2D eigenvalue weighted by atomic mass is 10.1. The number of anilines is 1. The highest BCUT2D eigenvalue weighted by molar-refractivity contribution is 7.17. The van der Waals surface area contributed by atoms with E-state index in [-0.39, 0.29) is 12.1 Å². The molecule has 0 bridgehead atoms. The van der Waals surface area contributed by atoms with Gasteiger partial charge < -0.3 is 10.6 Å². The Morgan fingerprint density at radius 3 is 2.74 bits per heavy atom. The number of urea groups is 1. The molecule has 3 nitrogen and oxygen atoms in total. The smallest absolute Gasteiger partial charge is 0.319 e. The molecular weight excluding hydrogens is 328 g/mol. The van der Waals surface area contributed by atoms with Gasteiger partial charge in [-0.3, -0.25) is 0 Å². The predicted octanol–water partition coefficient (Wildman–Crippen LogP) is 5.31. The maximum absolute atomic E-state index is 12.1. The zero-order chi connectivity index (χ0) is 16.2. The Morgan fingerprint density at radius 2 is 1.91 bits per heavy atom. The molecular formula is C18H17ClN2OS. The van der Waals surface area contributed by atoms with Crippen LogP contribution >= 0.6 is 22.9 Å². The summed E-state index contributed by atoms with van der Waals surface area (Å²) >= 11 is 7.78. The second kappa shape index (κ2) is 7.02. The molecule has 5 heteroatoms. The van der Waals surface area contributed by atoms with E-state index in [1.54, 1.807) is 23.5 Å². The minimum absolute atomic E-state index is 0.0236. The Labute approximate surface area is 144 Å². The van der Waals surface area contributed by atoms with Crippen molar-refractivity contribution in [3.63, 3.8) is 0 Å². The normalized spacial score (nSPS) is 12.1. The molecule has 1 aromatic heterocycles. The fraction of sp³-hybridized carbons (Fsp3) is 0.167. The lowest BCUT2D eigenvalue weighted by molar-refractivity contribution is 0.249. The monoisotopic (exact) mass is 344 g/mol. The summed E-state index contributed by atoms with van der Waals surface area (Å²) < 4.78 is 1.27. The van der Waals surface area contributed by atoms with Crippen molar-refractivity contribution in [3.05, 3.63) is 64.5 Å². The summed E-state index contributed by atoms with van der Waals surface area (Å²) in [5, 5.41) is 9.68. The Hall–Kier alpha value is -2.04. The van der Waals surface area contributed by atoms with Crippen molar-refractivity contribution in [3.8, 4) is 0 Å². The number of carbonyl (C=O) groups excluding carboxylic acids is 1. The summed E-state index contributed by atoms with van der Waals surface area (Å²) in [6.07, 6.45) is 0.792. The molecule has 3 rings (SSSR count). The van der Waals surface area contributed by atoms with Crippen LogP contribution in [0.1, 0.15) is 12.5 Å². The first-order valence-electron chi connectivity index (χ1n) is 7.40. The van der Waals surface area contributed by atoms with Crippen LogP contribution in [0.4, 0.5) is 10.5 Å². The summed E-state index contributed by atoms with van der Waals surface area (Å²) in [5.74, 6) is 0. The van der Waals surface area contributed by atoms with E-state index in [1.165, 1.54) is 15.6 Å². The van der Waals surface area contributed by atoms with Crippen LogP contribution in [0.15, 0.2) is 53.9 Å². The fourth-order valence-corrected chi connectivity index (χ4v) is 3.68. The maximum atomic E-state index is 12.1. The number of hydrogen-bond donors (Lipinski definition) is 2. The van der Waals surface area contributed by atoms with E-state index in [2.05, 4.69) is 28.1 Å². The standard InChI is InChI=1S/C18H17ClN2OS/c1-12(10-13-11-23-17-9-5-2-6-14(13)17)20-18(22)21-16-8-4-3-7-15(16)19/h2-9,11-12H,10H2,1H3,(H2,20,21,22). The average Bonchev–Trinajstić information content (AvgIpc) is 2.93. The van der Waals surface area contributed by atoms with E-state index >= 15 is 0 Å². The van der Waals surface area contributed by atoms with Gasteiger partial charge in [0.2, 0.25) is 0 Å². The maximum Gasteiger partial charge on any atom is 0.319 e. The van der Waals surface area contributed by atoms with E-state index < -0.39 is 0 Å². The van der Waals surface area contributed by atoms with Crippen molar-refractivity contribution < 1.29 is 4.79 Å². The molecule has 0 fully saturated rings. The van der Waals surface area contributed by atoms with E-state index in [4.69, 9.17) is 11.6 Å². The van der Waals surface area contributed by atoms with Crippen molar-refractivity contribution in [1.82, 2.24) is 5.32 Å². The van der Waals surface area contributed by atoms with Crippen LogP contribution in [0, 0.1) is 0 Å². The van der Waals surface area contributed by atoms with Crippen LogP contribution < -0.4 is 10.6 Å². The second-order valence-corrected chi connectivity index (χ2v) is 6.76. The highest BCUT2D eigenvalue weighted by atomic mass is 35.5. The van der Waals surface area contributed by atoms with Gasteiger partial charge >= 0.3 is 6.03 Å². The first kappa shape index (κ1) is 15.8. The minimum Gasteiger partial charge on any atom is -0.335 e. The van der Waals surface area contributed by atoms with Gasteiger partial charge in [-0.05, 0) is 47.9 Å². The topological polar surface area (TPSA) is 41.1 Å². The third kappa shape index (κ3) is 3.84. The second-order valence-electron chi connectivity index (χ2n) is 5.44. The van der Waals surface area contributed by atoms with Crippen LogP contribution in [-0.2, 0) is 6.42 Å². The summed E-state index contributed by atoms with van der Waals surface area (Å²) in [7, 11) is 0. The number of fused-ring (bicyclic) bond motifs is 1. The van der Waals surface area contributed by atoms with Gasteiger partial charge in [0.05, 0.1) is 10.7 Å². The van der Waals surface area contributed by atoms with Crippen LogP contribution in [-0.4, -0.2) is 12.1 Å². The van der Waals surface area contributed by atoms with Gasteiger partial charge in [-0.15, -0.1) is 11.3 Å². The van der Waals surface area contributed by atoms with Crippen molar-refractivity contribution in [1.29, 1.82) is 0 Å². The number of halogens is 1. The van der Waals surface area contributed by atoms with Crippen molar-refractivity contribution in [2.75, 3.05) is 5.32 Å². The van der Waals surface area contributed by atoms with Crippen molar-refractivity contribution in [2.24, 2.45) is 0 Å². The molecule has 1 unspecified atom stereocenters. The molecule has 2 aromatic carbocycles. The van der Waals surface area contributed by atoms with Crippen molar-refractivity contribution >= 4 is 44.7 Å². The Bertz CT molecular complexity index is 831. The van der Waals surface area contributed by atoms with E-state index in [1.807, 2.05) is 31.2 Å². The SMILES string of the molecule is CC(Cc1csc2ccccc12)NC(=O)Nc1ccccc1Cl. The van der Waals surface area contributed by atoms with E-state index in [0.29, 0.717) is 10.7 Å². The summed E-state index contributed by atoms with van der Waals surface area (Å²) in [4.78, 5) is 12.1. The molecule has 3 aromatic rings. The number of hydrogen-bond acceptors (Lipinski definition) is 2. The average molecular weight is 345 g/mol. The largest absolute Gasteiger partial charge is 0.335 e. The quantitative estimate of drug-likeness (QED) is 0.661. The Balaban J connectivity index is 1.62. The van der Waals surface area contributed by atoms with Gasteiger partial charge in [0.15, 0.2) is 0 Å². The number of thiophene rings is 1. The van der Waals surface area contributed by atoms with Gasteiger partial charge in [-0.25, -0.2) is 4.79 Å². The molecule has 2 N–H and O–H groups in total. The number of amides is 2. The molecule has 1 heterocycles. The Morgan fingerprint density at radius 1 is 1.17 bits per heavy atom. The molecule has 0 saturated heterocycles. The molecule has 0 saturated carbocycles. The number of para-hydroxylation sites is 1. The number of benzene rings is 2. The summed E-state index contributed by atoms with van der Waals surface area (Å²) in [6.45, 7) is 2.00. The molecule has 0 spiro atoms. The van der Waals surface area contributed by atoms with E-state index in [9.17, 15) is 4.79 Å².